The van der Waals surface area contributed by atoms with E-state index in [1.54, 1.807) is 7.11 Å². The fraction of sp³-hybridized carbons (Fsp3) is 0.520. The molecule has 0 aromatic heterocycles. The van der Waals surface area contributed by atoms with Crippen molar-refractivity contribution in [2.75, 3.05) is 27.3 Å². The molecular formula is C25H35NO2. The lowest BCUT2D eigenvalue weighted by Crippen LogP contribution is -2.26. The number of unbranched alkanes of at least 4 members (excludes halogenated alkanes) is 2. The highest BCUT2D eigenvalue weighted by Gasteiger charge is 2.20. The molecule has 1 heterocycles. The number of hydrogen-bond acceptors (Lipinski definition) is 3. The molecule has 1 atom stereocenters. The zero-order valence-corrected chi connectivity index (χ0v) is 17.5. The van der Waals surface area contributed by atoms with Crippen molar-refractivity contribution in [2.45, 2.75) is 57.4 Å². The van der Waals surface area contributed by atoms with Crippen LogP contribution < -0.4 is 9.47 Å². The SMILES string of the molecule is COc1cccc(CCCCCc2ccccc2OCCC2CCCN2C)c1. The topological polar surface area (TPSA) is 21.7 Å². The van der Waals surface area contributed by atoms with Gasteiger partial charge in [-0.2, -0.15) is 0 Å². The first-order valence-electron chi connectivity index (χ1n) is 10.8. The van der Waals surface area contributed by atoms with Crippen LogP contribution in [0.1, 0.15) is 49.7 Å². The highest BCUT2D eigenvalue weighted by molar-refractivity contribution is 5.33. The zero-order valence-electron chi connectivity index (χ0n) is 17.5. The van der Waals surface area contributed by atoms with Crippen molar-refractivity contribution >= 4 is 0 Å². The Hall–Kier alpha value is -2.00. The van der Waals surface area contributed by atoms with Crippen LogP contribution in [0.3, 0.4) is 0 Å². The molecule has 0 N–H and O–H groups in total. The number of para-hydroxylation sites is 1. The highest BCUT2D eigenvalue weighted by Crippen LogP contribution is 2.23. The van der Waals surface area contributed by atoms with E-state index in [0.717, 1.165) is 37.4 Å². The van der Waals surface area contributed by atoms with Gasteiger partial charge in [-0.25, -0.2) is 0 Å². The third-order valence-electron chi connectivity index (χ3n) is 5.90. The number of hydrogen-bond donors (Lipinski definition) is 0. The van der Waals surface area contributed by atoms with Crippen molar-refractivity contribution in [1.29, 1.82) is 0 Å². The molecule has 2 aromatic rings. The first-order chi connectivity index (χ1) is 13.8. The van der Waals surface area contributed by atoms with E-state index >= 15 is 0 Å². The number of methoxy groups -OCH3 is 1. The molecule has 0 aliphatic carbocycles. The molecule has 2 aromatic carbocycles. The van der Waals surface area contributed by atoms with Crippen LogP contribution in [0.2, 0.25) is 0 Å². The van der Waals surface area contributed by atoms with Crippen LogP contribution in [-0.4, -0.2) is 38.3 Å². The summed E-state index contributed by atoms with van der Waals surface area (Å²) < 4.78 is 11.5. The molecule has 0 radical (unpaired) electrons. The summed E-state index contributed by atoms with van der Waals surface area (Å²) in [4.78, 5) is 2.47. The average molecular weight is 382 g/mol. The molecule has 28 heavy (non-hydrogen) atoms. The number of nitrogens with zero attached hydrogens (tertiary/aromatic N) is 1. The Kier molecular flexibility index (Phi) is 8.23. The second-order valence-corrected chi connectivity index (χ2v) is 7.93. The Bertz CT molecular complexity index is 715. The van der Waals surface area contributed by atoms with Crippen molar-refractivity contribution in [3.63, 3.8) is 0 Å². The number of aryl methyl sites for hydroxylation is 2. The van der Waals surface area contributed by atoms with Crippen molar-refractivity contribution in [2.24, 2.45) is 0 Å². The van der Waals surface area contributed by atoms with Crippen molar-refractivity contribution in [3.05, 3.63) is 59.7 Å². The van der Waals surface area contributed by atoms with Gasteiger partial charge in [-0.05, 0) is 87.9 Å². The van der Waals surface area contributed by atoms with Gasteiger partial charge in [0.2, 0.25) is 0 Å². The fourth-order valence-corrected chi connectivity index (χ4v) is 4.15. The molecule has 3 heteroatoms. The molecule has 0 saturated carbocycles. The van der Waals surface area contributed by atoms with Crippen LogP contribution in [0, 0.1) is 0 Å². The summed E-state index contributed by atoms with van der Waals surface area (Å²) in [5.41, 5.74) is 2.71. The summed E-state index contributed by atoms with van der Waals surface area (Å²) in [5, 5.41) is 0. The molecule has 3 nitrogen and oxygen atoms in total. The van der Waals surface area contributed by atoms with Gasteiger partial charge >= 0.3 is 0 Å². The number of rotatable bonds is 11. The van der Waals surface area contributed by atoms with E-state index < -0.39 is 0 Å². The van der Waals surface area contributed by atoms with E-state index in [-0.39, 0.29) is 0 Å². The van der Waals surface area contributed by atoms with Gasteiger partial charge in [0, 0.05) is 6.04 Å². The third-order valence-corrected chi connectivity index (χ3v) is 5.90. The minimum atomic E-state index is 0.698. The molecular weight excluding hydrogens is 346 g/mol. The maximum absolute atomic E-state index is 6.16. The zero-order chi connectivity index (χ0) is 19.6. The summed E-state index contributed by atoms with van der Waals surface area (Å²) in [7, 11) is 3.96. The van der Waals surface area contributed by atoms with Crippen LogP contribution in [-0.2, 0) is 12.8 Å². The summed E-state index contributed by atoms with van der Waals surface area (Å²) in [5.74, 6) is 2.03. The number of likely N-dealkylation sites (tertiary alicyclic amines) is 1. The minimum Gasteiger partial charge on any atom is -0.497 e. The molecule has 1 unspecified atom stereocenters. The Balaban J connectivity index is 1.38. The largest absolute Gasteiger partial charge is 0.497 e. The summed E-state index contributed by atoms with van der Waals surface area (Å²) in [6, 6.07) is 17.7. The molecule has 0 bridgehead atoms. The normalized spacial score (nSPS) is 17.0. The average Bonchev–Trinajstić information content (AvgIpc) is 3.14. The van der Waals surface area contributed by atoms with Crippen molar-refractivity contribution in [1.82, 2.24) is 4.90 Å². The van der Waals surface area contributed by atoms with E-state index in [9.17, 15) is 0 Å². The standard InChI is InChI=1S/C25H35NO2/c1-26-18-9-14-23(26)17-19-28-25-16-7-6-13-22(25)12-5-3-4-10-21-11-8-15-24(20-21)27-2/h6-8,11,13,15-16,20,23H,3-5,9-10,12,14,17-19H2,1-2H3. The predicted octanol–water partition coefficient (Wildman–Crippen LogP) is 5.51. The molecule has 1 aliphatic rings. The van der Waals surface area contributed by atoms with Crippen LogP contribution in [0.15, 0.2) is 48.5 Å². The molecule has 1 aliphatic heterocycles. The maximum atomic E-state index is 6.16. The predicted molar refractivity (Wildman–Crippen MR) is 116 cm³/mol. The quantitative estimate of drug-likeness (QED) is 0.479. The maximum Gasteiger partial charge on any atom is 0.122 e. The second-order valence-electron chi connectivity index (χ2n) is 7.93. The summed E-state index contributed by atoms with van der Waals surface area (Å²) in [6.45, 7) is 2.05. The van der Waals surface area contributed by atoms with Crippen LogP contribution in [0.25, 0.3) is 0 Å². The third kappa shape index (κ3) is 6.27. The van der Waals surface area contributed by atoms with E-state index in [0.29, 0.717) is 6.04 Å². The van der Waals surface area contributed by atoms with E-state index in [2.05, 4.69) is 54.4 Å². The summed E-state index contributed by atoms with van der Waals surface area (Å²) in [6.07, 6.45) is 9.63. The van der Waals surface area contributed by atoms with Gasteiger partial charge in [0.05, 0.1) is 13.7 Å². The van der Waals surface area contributed by atoms with Crippen LogP contribution in [0.5, 0.6) is 11.5 Å². The van der Waals surface area contributed by atoms with E-state index in [4.69, 9.17) is 9.47 Å². The van der Waals surface area contributed by atoms with Crippen molar-refractivity contribution in [3.8, 4) is 11.5 Å². The lowest BCUT2D eigenvalue weighted by Gasteiger charge is -2.20. The first-order valence-corrected chi connectivity index (χ1v) is 10.8. The highest BCUT2D eigenvalue weighted by atomic mass is 16.5. The summed E-state index contributed by atoms with van der Waals surface area (Å²) >= 11 is 0. The Labute approximate surface area is 170 Å². The molecule has 0 amide bonds. The van der Waals surface area contributed by atoms with Gasteiger partial charge in [-0.15, -0.1) is 0 Å². The van der Waals surface area contributed by atoms with E-state index in [1.807, 2.05) is 6.07 Å². The molecule has 152 valence electrons. The molecule has 0 spiro atoms. The van der Waals surface area contributed by atoms with Crippen LogP contribution >= 0.6 is 0 Å². The second kappa shape index (κ2) is 11.1. The molecule has 3 rings (SSSR count). The number of ether oxygens (including phenoxy) is 2. The Morgan fingerprint density at radius 3 is 2.68 bits per heavy atom. The lowest BCUT2D eigenvalue weighted by molar-refractivity contribution is 0.232. The number of benzene rings is 2. The van der Waals surface area contributed by atoms with Crippen molar-refractivity contribution < 1.29 is 9.47 Å². The van der Waals surface area contributed by atoms with Crippen LogP contribution in [0.4, 0.5) is 0 Å². The van der Waals surface area contributed by atoms with Gasteiger partial charge < -0.3 is 14.4 Å². The van der Waals surface area contributed by atoms with Gasteiger partial charge in [0.25, 0.3) is 0 Å². The minimum absolute atomic E-state index is 0.698. The Morgan fingerprint density at radius 1 is 1.00 bits per heavy atom. The lowest BCUT2D eigenvalue weighted by atomic mass is 10.0. The van der Waals surface area contributed by atoms with Gasteiger partial charge in [0.15, 0.2) is 0 Å². The van der Waals surface area contributed by atoms with Gasteiger partial charge in [-0.1, -0.05) is 36.8 Å². The smallest absolute Gasteiger partial charge is 0.122 e. The molecule has 1 saturated heterocycles. The fourth-order valence-electron chi connectivity index (χ4n) is 4.15. The van der Waals surface area contributed by atoms with E-state index in [1.165, 1.54) is 49.8 Å². The molecule has 1 fully saturated rings. The monoisotopic (exact) mass is 381 g/mol. The van der Waals surface area contributed by atoms with Gasteiger partial charge in [-0.3, -0.25) is 0 Å². The van der Waals surface area contributed by atoms with Gasteiger partial charge in [0.1, 0.15) is 11.5 Å². The first kappa shape index (κ1) is 20.7. The Morgan fingerprint density at radius 2 is 1.86 bits per heavy atom.